The van der Waals surface area contributed by atoms with Crippen LogP contribution in [-0.2, 0) is 0 Å². The number of nitrogens with one attached hydrogen (secondary N) is 2. The van der Waals surface area contributed by atoms with Crippen molar-refractivity contribution in [3.8, 4) is 11.5 Å². The van der Waals surface area contributed by atoms with E-state index in [1.54, 1.807) is 36.5 Å². The summed E-state index contributed by atoms with van der Waals surface area (Å²) in [7, 11) is 0. The van der Waals surface area contributed by atoms with Gasteiger partial charge in [0.05, 0.1) is 17.8 Å². The second-order valence-corrected chi connectivity index (χ2v) is 8.46. The van der Waals surface area contributed by atoms with Crippen LogP contribution in [0.15, 0.2) is 114 Å². The number of pyridine rings is 1. The third-order valence-electron chi connectivity index (χ3n) is 5.92. The zero-order valence-electron chi connectivity index (χ0n) is 20.8. The molecule has 0 saturated carbocycles. The molecule has 0 aliphatic carbocycles. The van der Waals surface area contributed by atoms with Gasteiger partial charge in [0.2, 0.25) is 0 Å². The standard InChI is InChI=1S/C31H26N4O3/c1-2-38-29-20-23(14-17-28(29)36)30(21-8-4-3-5-9-21)34-35-31(37)22-12-15-24(16-13-22)33-27-18-19-32-26-11-7-6-10-25(26)27/h3-20,36H,2H2,1H3,(H,32,33)(H,35,37). The quantitative estimate of drug-likeness (QED) is 0.172. The number of hydrogen-bond donors (Lipinski definition) is 3. The Morgan fingerprint density at radius 2 is 1.61 bits per heavy atom. The van der Waals surface area contributed by atoms with Crippen molar-refractivity contribution in [2.75, 3.05) is 11.9 Å². The highest BCUT2D eigenvalue weighted by atomic mass is 16.5. The number of benzene rings is 4. The molecule has 7 heteroatoms. The van der Waals surface area contributed by atoms with Gasteiger partial charge in [-0.2, -0.15) is 5.10 Å². The Morgan fingerprint density at radius 1 is 0.868 bits per heavy atom. The number of carbonyl (C=O) groups is 1. The number of anilines is 2. The third-order valence-corrected chi connectivity index (χ3v) is 5.92. The molecule has 0 fully saturated rings. The number of fused-ring (bicyclic) bond motifs is 1. The summed E-state index contributed by atoms with van der Waals surface area (Å²) in [6, 6.07) is 31.5. The SMILES string of the molecule is CCOc1cc(C(=NNC(=O)c2ccc(Nc3ccnc4ccccc34)cc2)c2ccccc2)ccc1O. The van der Waals surface area contributed by atoms with Gasteiger partial charge in [-0.15, -0.1) is 0 Å². The highest BCUT2D eigenvalue weighted by Gasteiger charge is 2.13. The van der Waals surface area contributed by atoms with Gasteiger partial charge in [-0.3, -0.25) is 9.78 Å². The number of phenolic OH excluding ortho intramolecular Hbond substituents is 1. The van der Waals surface area contributed by atoms with E-state index in [0.29, 0.717) is 29.2 Å². The fraction of sp³-hybridized carbons (Fsp3) is 0.0645. The van der Waals surface area contributed by atoms with E-state index in [-0.39, 0.29) is 11.7 Å². The Morgan fingerprint density at radius 3 is 2.39 bits per heavy atom. The third kappa shape index (κ3) is 5.47. The van der Waals surface area contributed by atoms with Gasteiger partial charge in [0, 0.05) is 39.6 Å². The lowest BCUT2D eigenvalue weighted by Crippen LogP contribution is -2.20. The van der Waals surface area contributed by atoms with Crippen molar-refractivity contribution in [2.24, 2.45) is 5.10 Å². The van der Waals surface area contributed by atoms with Crippen LogP contribution in [0.2, 0.25) is 0 Å². The van der Waals surface area contributed by atoms with Gasteiger partial charge in [0.15, 0.2) is 11.5 Å². The van der Waals surface area contributed by atoms with Crippen molar-refractivity contribution in [2.45, 2.75) is 6.92 Å². The second kappa shape index (κ2) is 11.3. The molecule has 0 atom stereocenters. The van der Waals surface area contributed by atoms with E-state index in [1.807, 2.05) is 79.7 Å². The van der Waals surface area contributed by atoms with E-state index >= 15 is 0 Å². The molecule has 0 unspecified atom stereocenters. The largest absolute Gasteiger partial charge is 0.504 e. The number of hydrogen-bond acceptors (Lipinski definition) is 6. The van der Waals surface area contributed by atoms with Crippen LogP contribution in [0.25, 0.3) is 10.9 Å². The topological polar surface area (TPSA) is 95.8 Å². The lowest BCUT2D eigenvalue weighted by atomic mass is 10.0. The molecule has 1 aromatic heterocycles. The molecule has 0 bridgehead atoms. The highest BCUT2D eigenvalue weighted by molar-refractivity contribution is 6.13. The summed E-state index contributed by atoms with van der Waals surface area (Å²) < 4.78 is 5.53. The molecule has 0 spiro atoms. The molecule has 0 saturated heterocycles. The van der Waals surface area contributed by atoms with Gasteiger partial charge in [-0.1, -0.05) is 48.5 Å². The zero-order valence-corrected chi connectivity index (χ0v) is 20.8. The Labute approximate surface area is 220 Å². The number of amides is 1. The molecular formula is C31H26N4O3. The first-order valence-electron chi connectivity index (χ1n) is 12.2. The number of rotatable bonds is 8. The highest BCUT2D eigenvalue weighted by Crippen LogP contribution is 2.28. The van der Waals surface area contributed by atoms with Gasteiger partial charge in [0.25, 0.3) is 5.91 Å². The number of carbonyl (C=O) groups excluding carboxylic acids is 1. The van der Waals surface area contributed by atoms with Crippen molar-refractivity contribution >= 4 is 33.9 Å². The minimum Gasteiger partial charge on any atom is -0.504 e. The summed E-state index contributed by atoms with van der Waals surface area (Å²) in [5, 5.41) is 19.0. The van der Waals surface area contributed by atoms with Crippen LogP contribution in [0.1, 0.15) is 28.4 Å². The Bertz CT molecular complexity index is 1590. The van der Waals surface area contributed by atoms with Crippen LogP contribution in [0, 0.1) is 0 Å². The van der Waals surface area contributed by atoms with Crippen LogP contribution in [0.3, 0.4) is 0 Å². The van der Waals surface area contributed by atoms with Crippen LogP contribution in [0.5, 0.6) is 11.5 Å². The van der Waals surface area contributed by atoms with Gasteiger partial charge in [-0.25, -0.2) is 5.43 Å². The fourth-order valence-corrected chi connectivity index (χ4v) is 4.06. The Kier molecular flexibility index (Phi) is 7.27. The first kappa shape index (κ1) is 24.5. The molecule has 0 aliphatic heterocycles. The summed E-state index contributed by atoms with van der Waals surface area (Å²) in [6.45, 7) is 2.26. The van der Waals surface area contributed by atoms with E-state index in [9.17, 15) is 9.90 Å². The summed E-state index contributed by atoms with van der Waals surface area (Å²) in [4.78, 5) is 17.4. The number of aromatic hydroxyl groups is 1. The molecule has 188 valence electrons. The molecule has 38 heavy (non-hydrogen) atoms. The maximum absolute atomic E-state index is 13.0. The molecule has 4 aromatic carbocycles. The zero-order chi connectivity index (χ0) is 26.3. The molecule has 5 rings (SSSR count). The first-order valence-corrected chi connectivity index (χ1v) is 12.2. The summed E-state index contributed by atoms with van der Waals surface area (Å²) in [5.41, 5.74) is 7.87. The Balaban J connectivity index is 1.36. The predicted octanol–water partition coefficient (Wildman–Crippen LogP) is 6.27. The van der Waals surface area contributed by atoms with Crippen molar-refractivity contribution < 1.29 is 14.6 Å². The van der Waals surface area contributed by atoms with E-state index in [1.165, 1.54) is 0 Å². The molecule has 0 aliphatic rings. The summed E-state index contributed by atoms with van der Waals surface area (Å²) in [6.07, 6.45) is 1.76. The summed E-state index contributed by atoms with van der Waals surface area (Å²) >= 11 is 0. The lowest BCUT2D eigenvalue weighted by Gasteiger charge is -2.12. The van der Waals surface area contributed by atoms with Crippen LogP contribution in [-0.4, -0.2) is 28.3 Å². The number of nitrogens with zero attached hydrogens (tertiary/aromatic N) is 2. The van der Waals surface area contributed by atoms with Gasteiger partial charge >= 0.3 is 0 Å². The number of ether oxygens (including phenoxy) is 1. The fourth-order valence-electron chi connectivity index (χ4n) is 4.06. The van der Waals surface area contributed by atoms with E-state index in [2.05, 4.69) is 20.8 Å². The number of hydrazone groups is 1. The first-order chi connectivity index (χ1) is 18.6. The van der Waals surface area contributed by atoms with Crippen LogP contribution < -0.4 is 15.5 Å². The minimum atomic E-state index is -0.344. The van der Waals surface area contributed by atoms with Gasteiger partial charge in [-0.05, 0) is 61.5 Å². The molecule has 3 N–H and O–H groups in total. The molecule has 5 aromatic rings. The number of phenols is 1. The predicted molar refractivity (Wildman–Crippen MR) is 150 cm³/mol. The van der Waals surface area contributed by atoms with Gasteiger partial charge < -0.3 is 15.2 Å². The van der Waals surface area contributed by atoms with E-state index in [4.69, 9.17) is 4.74 Å². The lowest BCUT2D eigenvalue weighted by molar-refractivity contribution is 0.0955. The van der Waals surface area contributed by atoms with Crippen molar-refractivity contribution in [1.82, 2.24) is 10.4 Å². The monoisotopic (exact) mass is 502 g/mol. The average molecular weight is 503 g/mol. The van der Waals surface area contributed by atoms with Crippen molar-refractivity contribution in [3.63, 3.8) is 0 Å². The number of para-hydroxylation sites is 1. The van der Waals surface area contributed by atoms with Crippen molar-refractivity contribution in [3.05, 3.63) is 126 Å². The maximum Gasteiger partial charge on any atom is 0.271 e. The average Bonchev–Trinajstić information content (AvgIpc) is 2.96. The molecule has 0 radical (unpaired) electrons. The van der Waals surface area contributed by atoms with Gasteiger partial charge in [0.1, 0.15) is 0 Å². The van der Waals surface area contributed by atoms with E-state index < -0.39 is 0 Å². The number of aromatic nitrogens is 1. The maximum atomic E-state index is 13.0. The van der Waals surface area contributed by atoms with Crippen LogP contribution in [0.4, 0.5) is 11.4 Å². The summed E-state index contributed by atoms with van der Waals surface area (Å²) in [5.74, 6) is 0.0497. The Hall–Kier alpha value is -5.17. The molecule has 1 amide bonds. The van der Waals surface area contributed by atoms with Crippen LogP contribution >= 0.6 is 0 Å². The minimum absolute atomic E-state index is 0.0421. The molecule has 7 nitrogen and oxygen atoms in total. The molecular weight excluding hydrogens is 476 g/mol. The smallest absolute Gasteiger partial charge is 0.271 e. The second-order valence-electron chi connectivity index (χ2n) is 8.46. The van der Waals surface area contributed by atoms with E-state index in [0.717, 1.165) is 27.8 Å². The normalized spacial score (nSPS) is 11.2. The molecule has 1 heterocycles. The van der Waals surface area contributed by atoms with Crippen molar-refractivity contribution in [1.29, 1.82) is 0 Å².